The molecule has 0 aromatic heterocycles. The lowest BCUT2D eigenvalue weighted by molar-refractivity contribution is -0.137. The Morgan fingerprint density at radius 2 is 1.64 bits per heavy atom. The minimum absolute atomic E-state index is 0.142. The molecule has 2 aromatic rings. The third kappa shape index (κ3) is 4.54. The molecule has 0 saturated heterocycles. The quantitative estimate of drug-likeness (QED) is 0.531. The van der Waals surface area contributed by atoms with E-state index >= 15 is 0 Å². The van der Waals surface area contributed by atoms with Gasteiger partial charge in [-0.25, -0.2) is 0 Å². The highest BCUT2D eigenvalue weighted by Gasteiger charge is 2.30. The van der Waals surface area contributed by atoms with E-state index in [4.69, 9.17) is 21.1 Å². The number of alkyl halides is 3. The summed E-state index contributed by atoms with van der Waals surface area (Å²) < 4.78 is 47.9. The van der Waals surface area contributed by atoms with Crippen molar-refractivity contribution in [2.45, 2.75) is 6.18 Å². The van der Waals surface area contributed by atoms with Crippen LogP contribution in [0, 0.1) is 0 Å². The van der Waals surface area contributed by atoms with Crippen LogP contribution in [0.3, 0.4) is 0 Å². The van der Waals surface area contributed by atoms with E-state index in [9.17, 15) is 18.0 Å². The molecule has 132 valence electrons. The van der Waals surface area contributed by atoms with Crippen molar-refractivity contribution in [1.82, 2.24) is 0 Å². The van der Waals surface area contributed by atoms with Gasteiger partial charge >= 0.3 is 6.18 Å². The Balaban J connectivity index is 2.24. The molecule has 0 bridgehead atoms. The molecule has 0 saturated carbocycles. The standard InChI is InChI=1S/C18H14ClF3O3/c1-24-16-10-17(25-2)14(19)9-12(16)5-8-15(23)11-3-6-13(7-4-11)18(20,21)22/h3-10H,1-2H3/b8-5+. The molecule has 7 heteroatoms. The fraction of sp³-hybridized carbons (Fsp3) is 0.167. The molecule has 2 rings (SSSR count). The van der Waals surface area contributed by atoms with Gasteiger partial charge in [0.2, 0.25) is 0 Å². The van der Waals surface area contributed by atoms with E-state index in [0.717, 1.165) is 24.3 Å². The van der Waals surface area contributed by atoms with Crippen LogP contribution in [0.25, 0.3) is 6.08 Å². The molecule has 0 fully saturated rings. The van der Waals surface area contributed by atoms with Crippen molar-refractivity contribution in [3.63, 3.8) is 0 Å². The predicted molar refractivity (Wildman–Crippen MR) is 89.4 cm³/mol. The lowest BCUT2D eigenvalue weighted by Crippen LogP contribution is -2.05. The second-order valence-electron chi connectivity index (χ2n) is 5.00. The highest BCUT2D eigenvalue weighted by atomic mass is 35.5. The van der Waals surface area contributed by atoms with Crippen LogP contribution in [0.1, 0.15) is 21.5 Å². The topological polar surface area (TPSA) is 35.5 Å². The zero-order valence-corrected chi connectivity index (χ0v) is 14.1. The van der Waals surface area contributed by atoms with Crippen molar-refractivity contribution in [2.75, 3.05) is 14.2 Å². The fourth-order valence-corrected chi connectivity index (χ4v) is 2.35. The molecule has 25 heavy (non-hydrogen) atoms. The number of benzene rings is 2. The molecule has 0 spiro atoms. The Morgan fingerprint density at radius 3 is 2.16 bits per heavy atom. The third-order valence-corrected chi connectivity index (χ3v) is 3.71. The van der Waals surface area contributed by atoms with E-state index in [2.05, 4.69) is 0 Å². The van der Waals surface area contributed by atoms with Crippen LogP contribution in [0.2, 0.25) is 5.02 Å². The molecule has 0 aliphatic carbocycles. The normalized spacial score (nSPS) is 11.6. The minimum Gasteiger partial charge on any atom is -0.496 e. The number of hydrogen-bond donors (Lipinski definition) is 0. The van der Waals surface area contributed by atoms with Crippen LogP contribution in [-0.4, -0.2) is 20.0 Å². The zero-order chi connectivity index (χ0) is 18.6. The largest absolute Gasteiger partial charge is 0.496 e. The van der Waals surface area contributed by atoms with Gasteiger partial charge in [0.05, 0.1) is 24.8 Å². The average molecular weight is 371 g/mol. The maximum atomic E-state index is 12.5. The summed E-state index contributed by atoms with van der Waals surface area (Å²) in [5, 5.41) is 0.338. The van der Waals surface area contributed by atoms with Crippen LogP contribution in [0.4, 0.5) is 13.2 Å². The minimum atomic E-state index is -4.44. The van der Waals surface area contributed by atoms with Crippen molar-refractivity contribution in [3.05, 3.63) is 64.2 Å². The molecule has 0 amide bonds. The van der Waals surface area contributed by atoms with Gasteiger partial charge in [0, 0.05) is 17.2 Å². The summed E-state index contributed by atoms with van der Waals surface area (Å²) in [6.45, 7) is 0. The van der Waals surface area contributed by atoms with Gasteiger partial charge in [-0.1, -0.05) is 23.7 Å². The number of rotatable bonds is 5. The van der Waals surface area contributed by atoms with Gasteiger partial charge in [0.15, 0.2) is 5.78 Å². The van der Waals surface area contributed by atoms with Crippen molar-refractivity contribution in [2.24, 2.45) is 0 Å². The monoisotopic (exact) mass is 370 g/mol. The molecule has 0 N–H and O–H groups in total. The predicted octanol–water partition coefficient (Wildman–Crippen LogP) is 5.27. The third-order valence-electron chi connectivity index (χ3n) is 3.42. The number of methoxy groups -OCH3 is 2. The molecular weight excluding hydrogens is 357 g/mol. The molecular formula is C18H14ClF3O3. The molecule has 0 radical (unpaired) electrons. The molecule has 0 aliphatic rings. The lowest BCUT2D eigenvalue weighted by Gasteiger charge is -2.09. The first-order valence-corrected chi connectivity index (χ1v) is 7.45. The van der Waals surface area contributed by atoms with Crippen LogP contribution in [-0.2, 0) is 6.18 Å². The number of carbonyl (C=O) groups excluding carboxylic acids is 1. The van der Waals surface area contributed by atoms with Crippen LogP contribution in [0.5, 0.6) is 11.5 Å². The number of allylic oxidation sites excluding steroid dienone is 1. The Labute approximate surface area is 147 Å². The fourth-order valence-electron chi connectivity index (χ4n) is 2.10. The van der Waals surface area contributed by atoms with Crippen molar-refractivity contribution >= 4 is 23.5 Å². The molecule has 0 aliphatic heterocycles. The number of ketones is 1. The van der Waals surface area contributed by atoms with Gasteiger partial charge < -0.3 is 9.47 Å². The van der Waals surface area contributed by atoms with E-state index in [0.29, 0.717) is 22.1 Å². The number of halogens is 4. The maximum absolute atomic E-state index is 12.5. The first kappa shape index (κ1) is 18.9. The number of hydrogen-bond acceptors (Lipinski definition) is 3. The zero-order valence-electron chi connectivity index (χ0n) is 13.4. The first-order chi connectivity index (χ1) is 11.8. The molecule has 0 atom stereocenters. The highest BCUT2D eigenvalue weighted by molar-refractivity contribution is 6.32. The van der Waals surface area contributed by atoms with Gasteiger partial charge in [-0.05, 0) is 30.4 Å². The molecule has 0 heterocycles. The van der Waals surface area contributed by atoms with E-state index < -0.39 is 17.5 Å². The van der Waals surface area contributed by atoms with Crippen LogP contribution < -0.4 is 9.47 Å². The summed E-state index contributed by atoms with van der Waals surface area (Å²) in [7, 11) is 2.92. The van der Waals surface area contributed by atoms with E-state index in [1.54, 1.807) is 12.1 Å². The second-order valence-corrected chi connectivity index (χ2v) is 5.41. The summed E-state index contributed by atoms with van der Waals surface area (Å²) in [6.07, 6.45) is -1.72. The van der Waals surface area contributed by atoms with Gasteiger partial charge in [-0.2, -0.15) is 13.2 Å². The average Bonchev–Trinajstić information content (AvgIpc) is 2.59. The van der Waals surface area contributed by atoms with Gasteiger partial charge in [-0.15, -0.1) is 0 Å². The summed E-state index contributed by atoms with van der Waals surface area (Å²) >= 11 is 6.05. The van der Waals surface area contributed by atoms with Gasteiger partial charge in [0.1, 0.15) is 11.5 Å². The van der Waals surface area contributed by atoms with E-state index in [-0.39, 0.29) is 5.56 Å². The van der Waals surface area contributed by atoms with Gasteiger partial charge in [0.25, 0.3) is 0 Å². The highest BCUT2D eigenvalue weighted by Crippen LogP contribution is 2.33. The summed E-state index contributed by atoms with van der Waals surface area (Å²) in [5.74, 6) is 0.421. The molecule has 2 aromatic carbocycles. The van der Waals surface area contributed by atoms with Gasteiger partial charge in [-0.3, -0.25) is 4.79 Å². The lowest BCUT2D eigenvalue weighted by atomic mass is 10.1. The Bertz CT molecular complexity index is 796. The Kier molecular flexibility index (Phi) is 5.74. The smallest absolute Gasteiger partial charge is 0.416 e. The SMILES string of the molecule is COc1cc(OC)c(/C=C/C(=O)c2ccc(C(F)(F)F)cc2)cc1Cl. The second kappa shape index (κ2) is 7.61. The Morgan fingerprint density at radius 1 is 1.04 bits per heavy atom. The van der Waals surface area contributed by atoms with E-state index in [1.807, 2.05) is 0 Å². The molecule has 3 nitrogen and oxygen atoms in total. The Hall–Kier alpha value is -2.47. The van der Waals surface area contributed by atoms with Crippen LogP contribution in [0.15, 0.2) is 42.5 Å². The molecule has 0 unspecified atom stereocenters. The van der Waals surface area contributed by atoms with E-state index in [1.165, 1.54) is 26.4 Å². The van der Waals surface area contributed by atoms with Crippen molar-refractivity contribution < 1.29 is 27.4 Å². The van der Waals surface area contributed by atoms with Crippen molar-refractivity contribution in [1.29, 1.82) is 0 Å². The number of ether oxygens (including phenoxy) is 2. The summed E-state index contributed by atoms with van der Waals surface area (Å²) in [4.78, 5) is 12.1. The first-order valence-electron chi connectivity index (χ1n) is 7.07. The van der Waals surface area contributed by atoms with Crippen LogP contribution >= 0.6 is 11.6 Å². The summed E-state index contributed by atoms with van der Waals surface area (Å²) in [6, 6.07) is 7.14. The maximum Gasteiger partial charge on any atom is 0.416 e. The van der Waals surface area contributed by atoms with Crippen molar-refractivity contribution in [3.8, 4) is 11.5 Å². The number of carbonyl (C=O) groups is 1. The summed E-state index contributed by atoms with van der Waals surface area (Å²) in [5.41, 5.74) is -0.131.